The van der Waals surface area contributed by atoms with Crippen LogP contribution >= 0.6 is 11.6 Å². The molecule has 8 heteroatoms. The van der Waals surface area contributed by atoms with Crippen molar-refractivity contribution in [3.8, 4) is 11.1 Å². The first-order chi connectivity index (χ1) is 14.1. The Kier molecular flexibility index (Phi) is 4.76. The number of halogens is 1. The number of aromatic amines is 1. The van der Waals surface area contributed by atoms with Gasteiger partial charge in [0.05, 0.1) is 47.6 Å². The Hall–Kier alpha value is -2.09. The summed E-state index contributed by atoms with van der Waals surface area (Å²) < 4.78 is 7.60. The van der Waals surface area contributed by atoms with Crippen molar-refractivity contribution >= 4 is 28.3 Å². The number of anilines is 1. The van der Waals surface area contributed by atoms with Crippen molar-refractivity contribution in [1.82, 2.24) is 24.6 Å². The summed E-state index contributed by atoms with van der Waals surface area (Å²) in [5.41, 5.74) is 5.07. The van der Waals surface area contributed by atoms with Gasteiger partial charge in [0.1, 0.15) is 5.65 Å². The number of rotatable bonds is 4. The zero-order chi connectivity index (χ0) is 20.1. The lowest BCUT2D eigenvalue weighted by atomic mass is 9.92. The molecule has 3 aromatic heterocycles. The second-order valence-corrected chi connectivity index (χ2v) is 8.67. The van der Waals surface area contributed by atoms with Crippen molar-refractivity contribution in [1.29, 1.82) is 0 Å². The minimum atomic E-state index is 0.409. The molecule has 2 aliphatic heterocycles. The van der Waals surface area contributed by atoms with Gasteiger partial charge in [0.25, 0.3) is 0 Å². The molecule has 0 bridgehead atoms. The van der Waals surface area contributed by atoms with Gasteiger partial charge in [-0.05, 0) is 19.3 Å². The quantitative estimate of drug-likeness (QED) is 0.681. The highest BCUT2D eigenvalue weighted by molar-refractivity contribution is 6.36. The Labute approximate surface area is 175 Å². The molecule has 0 radical (unpaired) electrons. The van der Waals surface area contributed by atoms with Gasteiger partial charge in [-0.2, -0.15) is 5.10 Å². The first-order valence-corrected chi connectivity index (χ1v) is 10.7. The molecule has 29 heavy (non-hydrogen) atoms. The van der Waals surface area contributed by atoms with E-state index in [0.29, 0.717) is 23.0 Å². The van der Waals surface area contributed by atoms with Crippen LogP contribution in [0.2, 0.25) is 5.02 Å². The fourth-order valence-electron chi connectivity index (χ4n) is 4.84. The SMILES string of the molecule is CNc1c(-c2cnn(C3CCN(C4COC4)C[C@@H]3C)c2C)cnc2[nH]cc(Cl)c12. The summed E-state index contributed by atoms with van der Waals surface area (Å²) in [4.78, 5) is 10.3. The van der Waals surface area contributed by atoms with Crippen molar-refractivity contribution in [3.05, 3.63) is 29.3 Å². The van der Waals surface area contributed by atoms with Crippen molar-refractivity contribution < 1.29 is 4.74 Å². The highest BCUT2D eigenvalue weighted by atomic mass is 35.5. The molecule has 7 nitrogen and oxygen atoms in total. The second-order valence-electron chi connectivity index (χ2n) is 8.26. The topological polar surface area (TPSA) is 71.0 Å². The molecular formula is C21H27ClN6O. The summed E-state index contributed by atoms with van der Waals surface area (Å²) in [6.07, 6.45) is 6.76. The van der Waals surface area contributed by atoms with Gasteiger partial charge in [-0.15, -0.1) is 0 Å². The Balaban J connectivity index is 1.47. The number of pyridine rings is 1. The Morgan fingerprint density at radius 1 is 1.28 bits per heavy atom. The standard InChI is InChI=1S/C21H27ClN6O/c1-12-9-27(14-10-29-11-14)5-4-18(12)28-13(2)15(7-26-28)16-6-24-21-19(20(16)23-3)17(22)8-25-21/h6-8,12,14,18H,4-5,9-11H2,1-3H3,(H2,23,24,25)/t12-,18?/m0/s1. The van der Waals surface area contributed by atoms with Crippen molar-refractivity contribution in [2.24, 2.45) is 5.92 Å². The van der Waals surface area contributed by atoms with Crippen molar-refractivity contribution in [3.63, 3.8) is 0 Å². The monoisotopic (exact) mass is 414 g/mol. The summed E-state index contributed by atoms with van der Waals surface area (Å²) in [6.45, 7) is 8.46. The predicted molar refractivity (Wildman–Crippen MR) is 116 cm³/mol. The minimum absolute atomic E-state index is 0.409. The molecule has 2 saturated heterocycles. The molecule has 0 spiro atoms. The highest BCUT2D eigenvalue weighted by Gasteiger charge is 2.35. The number of aromatic nitrogens is 4. The number of ether oxygens (including phenoxy) is 1. The number of hydrogen-bond acceptors (Lipinski definition) is 5. The smallest absolute Gasteiger partial charge is 0.140 e. The highest BCUT2D eigenvalue weighted by Crippen LogP contribution is 2.39. The zero-order valence-electron chi connectivity index (χ0n) is 17.1. The van der Waals surface area contributed by atoms with Crippen molar-refractivity contribution in [2.45, 2.75) is 32.4 Å². The Morgan fingerprint density at radius 3 is 2.79 bits per heavy atom. The molecule has 2 atom stereocenters. The average molecular weight is 415 g/mol. The van der Waals surface area contributed by atoms with Crippen molar-refractivity contribution in [2.75, 3.05) is 38.7 Å². The summed E-state index contributed by atoms with van der Waals surface area (Å²) >= 11 is 6.41. The molecule has 0 aromatic carbocycles. The maximum atomic E-state index is 6.41. The maximum absolute atomic E-state index is 6.41. The zero-order valence-corrected chi connectivity index (χ0v) is 17.8. The third-order valence-corrected chi connectivity index (χ3v) is 6.88. The molecule has 0 aliphatic carbocycles. The van der Waals surface area contributed by atoms with E-state index in [9.17, 15) is 0 Å². The van der Waals surface area contributed by atoms with Crippen LogP contribution in [-0.4, -0.2) is 64.0 Å². The van der Waals surface area contributed by atoms with Gasteiger partial charge in [-0.3, -0.25) is 9.58 Å². The molecule has 0 saturated carbocycles. The van der Waals surface area contributed by atoms with E-state index in [4.69, 9.17) is 21.4 Å². The molecule has 2 N–H and O–H groups in total. The number of piperidine rings is 1. The molecule has 5 rings (SSSR count). The van der Waals surface area contributed by atoms with Gasteiger partial charge in [0.2, 0.25) is 0 Å². The fourth-order valence-corrected chi connectivity index (χ4v) is 5.08. The van der Waals surface area contributed by atoms with E-state index in [1.807, 2.05) is 19.4 Å². The van der Waals surface area contributed by atoms with E-state index in [1.165, 1.54) is 5.69 Å². The number of H-pyrrole nitrogens is 1. The van der Waals surface area contributed by atoms with Crippen LogP contribution in [0.1, 0.15) is 25.1 Å². The number of likely N-dealkylation sites (tertiary alicyclic amines) is 1. The van der Waals surface area contributed by atoms with E-state index in [1.54, 1.807) is 6.20 Å². The fraction of sp³-hybridized carbons (Fsp3) is 0.524. The molecule has 2 aliphatic rings. The summed E-state index contributed by atoms with van der Waals surface area (Å²) in [5.74, 6) is 0.541. The Morgan fingerprint density at radius 2 is 2.10 bits per heavy atom. The molecule has 1 unspecified atom stereocenters. The molecule has 3 aromatic rings. The van der Waals surface area contributed by atoms with Gasteiger partial charge < -0.3 is 15.0 Å². The van der Waals surface area contributed by atoms with Crippen LogP contribution in [0.3, 0.4) is 0 Å². The van der Waals surface area contributed by atoms with Crippen LogP contribution < -0.4 is 5.32 Å². The van der Waals surface area contributed by atoms with Crippen LogP contribution in [0.15, 0.2) is 18.6 Å². The van der Waals surface area contributed by atoms with Crippen LogP contribution in [0.5, 0.6) is 0 Å². The lowest BCUT2D eigenvalue weighted by molar-refractivity contribution is -0.0808. The minimum Gasteiger partial charge on any atom is -0.387 e. The van der Waals surface area contributed by atoms with Crippen LogP contribution in [0, 0.1) is 12.8 Å². The van der Waals surface area contributed by atoms with Gasteiger partial charge >= 0.3 is 0 Å². The normalized spacial score (nSPS) is 23.4. The van der Waals surface area contributed by atoms with Gasteiger partial charge in [-0.1, -0.05) is 18.5 Å². The van der Waals surface area contributed by atoms with Gasteiger partial charge in [0.15, 0.2) is 0 Å². The van der Waals surface area contributed by atoms with Crippen LogP contribution in [-0.2, 0) is 4.74 Å². The van der Waals surface area contributed by atoms with E-state index in [-0.39, 0.29) is 0 Å². The lowest BCUT2D eigenvalue weighted by Gasteiger charge is -2.44. The second kappa shape index (κ2) is 7.31. The third kappa shape index (κ3) is 3.03. The number of hydrogen-bond donors (Lipinski definition) is 2. The van der Waals surface area contributed by atoms with E-state index in [0.717, 1.165) is 60.6 Å². The Bertz CT molecular complexity index is 1040. The summed E-state index contributed by atoms with van der Waals surface area (Å²) in [5, 5.41) is 9.72. The summed E-state index contributed by atoms with van der Waals surface area (Å²) in [6, 6.07) is 1.02. The van der Waals surface area contributed by atoms with E-state index >= 15 is 0 Å². The predicted octanol–water partition coefficient (Wildman–Crippen LogP) is 3.71. The molecule has 154 valence electrons. The third-order valence-electron chi connectivity index (χ3n) is 6.58. The number of nitrogens with zero attached hydrogens (tertiary/aromatic N) is 4. The summed E-state index contributed by atoms with van der Waals surface area (Å²) in [7, 11) is 1.92. The first-order valence-electron chi connectivity index (χ1n) is 10.3. The van der Waals surface area contributed by atoms with Crippen LogP contribution in [0.4, 0.5) is 5.69 Å². The first kappa shape index (κ1) is 18.9. The molecule has 0 amide bonds. The van der Waals surface area contributed by atoms with Crippen LogP contribution in [0.25, 0.3) is 22.2 Å². The van der Waals surface area contributed by atoms with E-state index in [2.05, 4.69) is 38.7 Å². The molecule has 5 heterocycles. The largest absolute Gasteiger partial charge is 0.387 e. The van der Waals surface area contributed by atoms with Gasteiger partial charge in [-0.25, -0.2) is 4.98 Å². The average Bonchev–Trinajstić information content (AvgIpc) is 3.23. The maximum Gasteiger partial charge on any atom is 0.140 e. The molecule has 2 fully saturated rings. The lowest BCUT2D eigenvalue weighted by Crippen LogP contribution is -2.54. The number of fused-ring (bicyclic) bond motifs is 1. The van der Waals surface area contributed by atoms with E-state index < -0.39 is 0 Å². The number of nitrogens with one attached hydrogen (secondary N) is 2. The molecular weight excluding hydrogens is 388 g/mol. The van der Waals surface area contributed by atoms with Gasteiger partial charge in [0, 0.05) is 49.4 Å².